The van der Waals surface area contributed by atoms with Crippen molar-refractivity contribution >= 4 is 11.7 Å². The van der Waals surface area contributed by atoms with E-state index in [-0.39, 0.29) is 30.2 Å². The van der Waals surface area contributed by atoms with Crippen molar-refractivity contribution in [3.8, 4) is 0 Å². The summed E-state index contributed by atoms with van der Waals surface area (Å²) in [5.41, 5.74) is 10.3. The van der Waals surface area contributed by atoms with E-state index in [2.05, 4.69) is 64.3 Å². The fourth-order valence-corrected chi connectivity index (χ4v) is 4.72. The maximum absolute atomic E-state index is 6.66. The molecule has 0 aliphatic carbocycles. The second kappa shape index (κ2) is 8.60. The van der Waals surface area contributed by atoms with Gasteiger partial charge < -0.3 is 24.9 Å². The van der Waals surface area contributed by atoms with Crippen LogP contribution in [0.5, 0.6) is 0 Å². The molecule has 5 rings (SSSR count). The van der Waals surface area contributed by atoms with Gasteiger partial charge in [-0.15, -0.1) is 0 Å². The number of hydrogen-bond donors (Lipinski definition) is 3. The van der Waals surface area contributed by atoms with Crippen LogP contribution < -0.4 is 16.0 Å². The van der Waals surface area contributed by atoms with Gasteiger partial charge in [0.05, 0.1) is 18.2 Å². The van der Waals surface area contributed by atoms with Crippen molar-refractivity contribution in [2.24, 2.45) is 0 Å². The number of piperidine rings is 1. The third-order valence-corrected chi connectivity index (χ3v) is 6.56. The molecule has 4 heterocycles. The number of benzene rings is 1. The zero-order chi connectivity index (χ0) is 22.2. The molecule has 1 fully saturated rings. The standard InChI is InChI=1S/C24H32N6O2/c1-14(2)23-28-24(32-29-23)30-12-9-18(10-13-30)31-22-15(3)27-20(21-19(22)8-11-26-21)16-4-6-17(25)7-5-16/h4-8,11,14-15,18,20,22,26-27H,9-10,12-13,25H2,1-3H3. The number of anilines is 2. The molecule has 4 N–H and O–H groups in total. The predicted molar refractivity (Wildman–Crippen MR) is 124 cm³/mol. The van der Waals surface area contributed by atoms with Crippen molar-refractivity contribution in [1.82, 2.24) is 20.4 Å². The molecule has 0 bridgehead atoms. The van der Waals surface area contributed by atoms with E-state index in [0.29, 0.717) is 6.01 Å². The number of nitrogens with zero attached hydrogens (tertiary/aromatic N) is 3. The normalized spacial score (nSPS) is 24.1. The zero-order valence-electron chi connectivity index (χ0n) is 18.9. The Labute approximate surface area is 188 Å². The molecule has 0 spiro atoms. The Morgan fingerprint density at radius 3 is 2.59 bits per heavy atom. The van der Waals surface area contributed by atoms with Gasteiger partial charge in [-0.05, 0) is 43.5 Å². The second-order valence-corrected chi connectivity index (χ2v) is 9.23. The second-order valence-electron chi connectivity index (χ2n) is 9.23. The molecule has 0 saturated carbocycles. The molecule has 2 aliphatic rings. The number of nitrogens with one attached hydrogen (secondary N) is 2. The van der Waals surface area contributed by atoms with Crippen LogP contribution in [0.3, 0.4) is 0 Å². The molecule has 1 aromatic carbocycles. The summed E-state index contributed by atoms with van der Waals surface area (Å²) in [6, 6.07) is 11.1. The Balaban J connectivity index is 1.25. The number of nitrogens with two attached hydrogens (primary N) is 1. The highest BCUT2D eigenvalue weighted by molar-refractivity contribution is 5.44. The summed E-state index contributed by atoms with van der Waals surface area (Å²) in [7, 11) is 0. The minimum absolute atomic E-state index is 0.00813. The first-order valence-electron chi connectivity index (χ1n) is 11.5. The molecule has 8 heteroatoms. The van der Waals surface area contributed by atoms with Gasteiger partial charge in [-0.1, -0.05) is 31.1 Å². The van der Waals surface area contributed by atoms with Crippen molar-refractivity contribution in [3.63, 3.8) is 0 Å². The average molecular weight is 437 g/mol. The molecule has 3 aromatic rings. The van der Waals surface area contributed by atoms with Crippen molar-refractivity contribution in [2.45, 2.75) is 63.8 Å². The third kappa shape index (κ3) is 4.00. The molecule has 0 radical (unpaired) electrons. The number of aromatic amines is 1. The lowest BCUT2D eigenvalue weighted by Crippen LogP contribution is -2.45. The first-order chi connectivity index (χ1) is 15.5. The van der Waals surface area contributed by atoms with E-state index in [1.165, 1.54) is 16.8 Å². The summed E-state index contributed by atoms with van der Waals surface area (Å²) in [4.78, 5) is 10.1. The molecule has 3 atom stereocenters. The molecule has 3 unspecified atom stereocenters. The van der Waals surface area contributed by atoms with Crippen molar-refractivity contribution in [2.75, 3.05) is 23.7 Å². The summed E-state index contributed by atoms with van der Waals surface area (Å²) in [6.45, 7) is 8.05. The molecule has 2 aliphatic heterocycles. The minimum atomic E-state index is 0.00813. The van der Waals surface area contributed by atoms with Crippen LogP contribution in [-0.4, -0.2) is 40.4 Å². The van der Waals surface area contributed by atoms with Gasteiger partial charge in [0.1, 0.15) is 0 Å². The number of nitrogen functional groups attached to an aromatic ring is 1. The Hall–Kier alpha value is -2.84. The third-order valence-electron chi connectivity index (χ3n) is 6.56. The summed E-state index contributed by atoms with van der Waals surface area (Å²) in [5, 5.41) is 7.83. The van der Waals surface area contributed by atoms with E-state index < -0.39 is 0 Å². The lowest BCUT2D eigenvalue weighted by Gasteiger charge is -2.39. The first kappa shape index (κ1) is 21.0. The summed E-state index contributed by atoms with van der Waals surface area (Å²) >= 11 is 0. The Bertz CT molecular complexity index is 1030. The fraction of sp³-hybridized carbons (Fsp3) is 0.500. The molecule has 1 saturated heterocycles. The maximum Gasteiger partial charge on any atom is 0.324 e. The number of rotatable bonds is 5. The Kier molecular flexibility index (Phi) is 5.65. The lowest BCUT2D eigenvalue weighted by atomic mass is 9.90. The highest BCUT2D eigenvalue weighted by atomic mass is 16.5. The molecular weight excluding hydrogens is 404 g/mol. The van der Waals surface area contributed by atoms with E-state index in [9.17, 15) is 0 Å². The summed E-state index contributed by atoms with van der Waals surface area (Å²) in [6.07, 6.45) is 4.08. The fourth-order valence-electron chi connectivity index (χ4n) is 4.72. The molecular formula is C24H32N6O2. The van der Waals surface area contributed by atoms with Gasteiger partial charge in [0.15, 0.2) is 5.82 Å². The molecule has 32 heavy (non-hydrogen) atoms. The van der Waals surface area contributed by atoms with Gasteiger partial charge in [-0.3, -0.25) is 5.32 Å². The number of aromatic nitrogens is 3. The topological polar surface area (TPSA) is 105 Å². The molecule has 2 aromatic heterocycles. The number of fused-ring (bicyclic) bond motifs is 1. The van der Waals surface area contributed by atoms with E-state index in [4.69, 9.17) is 15.0 Å². The Morgan fingerprint density at radius 2 is 1.91 bits per heavy atom. The number of H-pyrrole nitrogens is 1. The van der Waals surface area contributed by atoms with Gasteiger partial charge in [-0.2, -0.15) is 4.98 Å². The molecule has 170 valence electrons. The van der Waals surface area contributed by atoms with Gasteiger partial charge in [0, 0.05) is 48.2 Å². The summed E-state index contributed by atoms with van der Waals surface area (Å²) < 4.78 is 12.1. The SMILES string of the molecule is CC(C)c1noc(N2CCC(OC3c4cc[nH]c4C(c4ccc(N)cc4)NC3C)CC2)n1. The van der Waals surface area contributed by atoms with Gasteiger partial charge >= 0.3 is 6.01 Å². The van der Waals surface area contributed by atoms with Gasteiger partial charge in [0.25, 0.3) is 0 Å². The van der Waals surface area contributed by atoms with Crippen LogP contribution in [0.25, 0.3) is 0 Å². The van der Waals surface area contributed by atoms with Gasteiger partial charge in [0.2, 0.25) is 0 Å². The smallest absolute Gasteiger partial charge is 0.324 e. The van der Waals surface area contributed by atoms with E-state index in [1.54, 1.807) is 0 Å². The van der Waals surface area contributed by atoms with Crippen LogP contribution in [-0.2, 0) is 4.74 Å². The number of ether oxygens (including phenoxy) is 1. The molecule has 0 amide bonds. The highest BCUT2D eigenvalue weighted by Crippen LogP contribution is 2.38. The van der Waals surface area contributed by atoms with Crippen LogP contribution in [0.15, 0.2) is 41.1 Å². The summed E-state index contributed by atoms with van der Waals surface area (Å²) in [5.74, 6) is 1.03. The lowest BCUT2D eigenvalue weighted by molar-refractivity contribution is -0.0467. The van der Waals surface area contributed by atoms with Crippen LogP contribution >= 0.6 is 0 Å². The highest BCUT2D eigenvalue weighted by Gasteiger charge is 2.36. The van der Waals surface area contributed by atoms with Crippen molar-refractivity contribution < 1.29 is 9.26 Å². The number of hydrogen-bond acceptors (Lipinski definition) is 7. The van der Waals surface area contributed by atoms with Crippen molar-refractivity contribution in [3.05, 3.63) is 59.2 Å². The largest absolute Gasteiger partial charge is 0.399 e. The van der Waals surface area contributed by atoms with E-state index in [0.717, 1.165) is 37.4 Å². The average Bonchev–Trinajstić information content (AvgIpc) is 3.47. The van der Waals surface area contributed by atoms with Gasteiger partial charge in [-0.25, -0.2) is 0 Å². The van der Waals surface area contributed by atoms with Crippen LogP contribution in [0.1, 0.15) is 74.3 Å². The predicted octanol–water partition coefficient (Wildman–Crippen LogP) is 3.91. The minimum Gasteiger partial charge on any atom is -0.399 e. The Morgan fingerprint density at radius 1 is 1.16 bits per heavy atom. The maximum atomic E-state index is 6.66. The molecule has 8 nitrogen and oxygen atoms in total. The quantitative estimate of drug-likeness (QED) is 0.521. The first-order valence-corrected chi connectivity index (χ1v) is 11.5. The monoisotopic (exact) mass is 436 g/mol. The van der Waals surface area contributed by atoms with Crippen molar-refractivity contribution in [1.29, 1.82) is 0 Å². The van der Waals surface area contributed by atoms with E-state index >= 15 is 0 Å². The van der Waals surface area contributed by atoms with E-state index in [1.807, 2.05) is 18.3 Å². The van der Waals surface area contributed by atoms with Crippen LogP contribution in [0.2, 0.25) is 0 Å². The zero-order valence-corrected chi connectivity index (χ0v) is 18.9. The van der Waals surface area contributed by atoms with Crippen LogP contribution in [0, 0.1) is 0 Å². The van der Waals surface area contributed by atoms with Crippen LogP contribution in [0.4, 0.5) is 11.7 Å².